The fourth-order valence-corrected chi connectivity index (χ4v) is 3.40. The maximum absolute atomic E-state index is 12.4. The summed E-state index contributed by atoms with van der Waals surface area (Å²) in [6, 6.07) is 9.29. The molecule has 0 fully saturated rings. The van der Waals surface area contributed by atoms with Crippen LogP contribution in [-0.4, -0.2) is 23.5 Å². The third kappa shape index (κ3) is 2.49. The monoisotopic (exact) mass is 337 g/mol. The fraction of sp³-hybridized carbons (Fsp3) is 0.0714. The first-order chi connectivity index (χ1) is 10.4. The van der Waals surface area contributed by atoms with Crippen molar-refractivity contribution in [3.63, 3.8) is 0 Å². The number of halogens is 1. The maximum Gasteiger partial charge on any atom is 0.261 e. The molecule has 114 valence electrons. The van der Waals surface area contributed by atoms with Gasteiger partial charge in [0.05, 0.1) is 15.6 Å². The molecule has 1 heterocycles. The quantitative estimate of drug-likeness (QED) is 0.640. The second kappa shape index (κ2) is 5.19. The number of aromatic nitrogens is 2. The number of sulfonamides is 1. The number of H-pyrrole nitrogens is 1. The molecule has 0 aliphatic rings. The first-order valence-corrected chi connectivity index (χ1v) is 8.20. The highest BCUT2D eigenvalue weighted by atomic mass is 35.5. The van der Waals surface area contributed by atoms with Gasteiger partial charge in [-0.25, -0.2) is 13.4 Å². The summed E-state index contributed by atoms with van der Waals surface area (Å²) in [6.45, 7) is 1.70. The lowest BCUT2D eigenvalue weighted by Gasteiger charge is -2.10. The highest BCUT2D eigenvalue weighted by Crippen LogP contribution is 2.36. The van der Waals surface area contributed by atoms with E-state index in [0.29, 0.717) is 11.3 Å². The van der Waals surface area contributed by atoms with Crippen molar-refractivity contribution < 1.29 is 13.5 Å². The minimum Gasteiger partial charge on any atom is -0.504 e. The number of rotatable bonds is 3. The smallest absolute Gasteiger partial charge is 0.261 e. The van der Waals surface area contributed by atoms with Crippen LogP contribution < -0.4 is 4.72 Å². The van der Waals surface area contributed by atoms with Gasteiger partial charge in [0.15, 0.2) is 5.75 Å². The Balaban J connectivity index is 2.14. The van der Waals surface area contributed by atoms with Crippen LogP contribution in [0.4, 0.5) is 5.69 Å². The number of aromatic hydroxyl groups is 1. The summed E-state index contributed by atoms with van der Waals surface area (Å²) in [7, 11) is -3.77. The molecule has 0 bridgehead atoms. The van der Waals surface area contributed by atoms with Gasteiger partial charge in [-0.3, -0.25) is 4.72 Å². The van der Waals surface area contributed by atoms with E-state index in [1.54, 1.807) is 25.1 Å². The average molecular weight is 338 g/mol. The van der Waals surface area contributed by atoms with E-state index in [-0.39, 0.29) is 26.9 Å². The molecule has 22 heavy (non-hydrogen) atoms. The fourth-order valence-electron chi connectivity index (χ4n) is 2.12. The zero-order chi connectivity index (χ0) is 15.9. The molecule has 0 unspecified atom stereocenters. The van der Waals surface area contributed by atoms with Crippen molar-refractivity contribution in [2.75, 3.05) is 4.72 Å². The third-order valence-electron chi connectivity index (χ3n) is 3.11. The minimum atomic E-state index is -3.77. The number of fused-ring (bicyclic) bond motifs is 1. The van der Waals surface area contributed by atoms with E-state index >= 15 is 0 Å². The molecule has 0 radical (unpaired) electrons. The molecule has 3 aromatic rings. The molecule has 0 saturated carbocycles. The molecular weight excluding hydrogens is 326 g/mol. The van der Waals surface area contributed by atoms with Crippen molar-refractivity contribution in [2.24, 2.45) is 0 Å². The molecular formula is C14H12ClN3O3S. The number of hydrogen-bond donors (Lipinski definition) is 3. The van der Waals surface area contributed by atoms with Gasteiger partial charge in [-0.1, -0.05) is 29.8 Å². The van der Waals surface area contributed by atoms with E-state index in [4.69, 9.17) is 11.6 Å². The highest BCUT2D eigenvalue weighted by molar-refractivity contribution is 7.92. The molecule has 2 aromatic carbocycles. The normalized spacial score (nSPS) is 11.7. The number of benzene rings is 2. The Morgan fingerprint density at radius 3 is 2.64 bits per heavy atom. The summed E-state index contributed by atoms with van der Waals surface area (Å²) in [4.78, 5) is 7.17. The van der Waals surface area contributed by atoms with E-state index in [0.717, 1.165) is 0 Å². The van der Waals surface area contributed by atoms with Crippen molar-refractivity contribution in [3.8, 4) is 5.75 Å². The van der Waals surface area contributed by atoms with Gasteiger partial charge in [0.2, 0.25) is 0 Å². The SMILES string of the molecule is Cc1nc2c(NS(=O)(=O)c3ccccc3)cc(Cl)c(O)c2[nH]1. The van der Waals surface area contributed by atoms with Gasteiger partial charge in [0, 0.05) is 0 Å². The van der Waals surface area contributed by atoms with E-state index in [2.05, 4.69) is 14.7 Å². The van der Waals surface area contributed by atoms with E-state index in [9.17, 15) is 13.5 Å². The molecule has 1 aromatic heterocycles. The Labute approximate surface area is 131 Å². The Morgan fingerprint density at radius 2 is 1.95 bits per heavy atom. The molecule has 6 nitrogen and oxygen atoms in total. The number of hydrogen-bond acceptors (Lipinski definition) is 4. The van der Waals surface area contributed by atoms with E-state index in [1.807, 2.05) is 0 Å². The highest BCUT2D eigenvalue weighted by Gasteiger charge is 2.19. The van der Waals surface area contributed by atoms with Crippen LogP contribution in [0.5, 0.6) is 5.75 Å². The van der Waals surface area contributed by atoms with E-state index < -0.39 is 10.0 Å². The number of aromatic amines is 1. The van der Waals surface area contributed by atoms with Crippen LogP contribution in [0.3, 0.4) is 0 Å². The van der Waals surface area contributed by atoms with Crippen LogP contribution in [0.15, 0.2) is 41.3 Å². The third-order valence-corrected chi connectivity index (χ3v) is 4.78. The van der Waals surface area contributed by atoms with Crippen molar-refractivity contribution >= 4 is 38.3 Å². The van der Waals surface area contributed by atoms with Crippen LogP contribution in [0.25, 0.3) is 11.0 Å². The van der Waals surface area contributed by atoms with Crippen LogP contribution in [-0.2, 0) is 10.0 Å². The first kappa shape index (κ1) is 14.7. The zero-order valence-corrected chi connectivity index (χ0v) is 13.0. The van der Waals surface area contributed by atoms with Gasteiger partial charge in [-0.2, -0.15) is 0 Å². The predicted molar refractivity (Wildman–Crippen MR) is 84.8 cm³/mol. The first-order valence-electron chi connectivity index (χ1n) is 6.34. The molecule has 8 heteroatoms. The molecule has 0 spiro atoms. The Kier molecular flexibility index (Phi) is 3.46. The van der Waals surface area contributed by atoms with Crippen LogP contribution in [0.1, 0.15) is 5.82 Å². The van der Waals surface area contributed by atoms with Gasteiger partial charge >= 0.3 is 0 Å². The average Bonchev–Trinajstić information content (AvgIpc) is 2.88. The summed E-state index contributed by atoms with van der Waals surface area (Å²) in [5.41, 5.74) is 0.792. The summed E-state index contributed by atoms with van der Waals surface area (Å²) < 4.78 is 27.2. The molecule has 0 saturated heterocycles. The van der Waals surface area contributed by atoms with Crippen LogP contribution >= 0.6 is 11.6 Å². The number of phenols is 1. The van der Waals surface area contributed by atoms with Gasteiger partial charge < -0.3 is 10.1 Å². The topological polar surface area (TPSA) is 95.1 Å². The largest absolute Gasteiger partial charge is 0.504 e. The van der Waals surface area contributed by atoms with Crippen LogP contribution in [0.2, 0.25) is 5.02 Å². The maximum atomic E-state index is 12.4. The number of phenolic OH excluding ortho intramolecular Hbond substituents is 1. The lowest BCUT2D eigenvalue weighted by molar-refractivity contribution is 0.481. The van der Waals surface area contributed by atoms with Crippen molar-refractivity contribution in [1.82, 2.24) is 9.97 Å². The number of aryl methyl sites for hydroxylation is 1. The second-order valence-corrected chi connectivity index (χ2v) is 6.81. The van der Waals surface area contributed by atoms with Crippen LogP contribution in [0, 0.1) is 6.92 Å². The molecule has 0 aliphatic heterocycles. The van der Waals surface area contributed by atoms with Gasteiger partial charge in [-0.05, 0) is 25.1 Å². The molecule has 0 aliphatic carbocycles. The summed E-state index contributed by atoms with van der Waals surface area (Å²) in [5.74, 6) is 0.368. The van der Waals surface area contributed by atoms with Crippen molar-refractivity contribution in [1.29, 1.82) is 0 Å². The van der Waals surface area contributed by atoms with Gasteiger partial charge in [-0.15, -0.1) is 0 Å². The van der Waals surface area contributed by atoms with Gasteiger partial charge in [0.1, 0.15) is 16.9 Å². The van der Waals surface area contributed by atoms with Gasteiger partial charge in [0.25, 0.3) is 10.0 Å². The lowest BCUT2D eigenvalue weighted by atomic mass is 10.2. The molecule has 3 rings (SSSR count). The number of nitrogens with zero attached hydrogens (tertiary/aromatic N) is 1. The standard InChI is InChI=1S/C14H12ClN3O3S/c1-8-16-12-11(7-10(15)14(19)13(12)17-8)18-22(20,21)9-5-3-2-4-6-9/h2-7,18-19H,1H3,(H,16,17). The number of nitrogens with one attached hydrogen (secondary N) is 2. The molecule has 0 atom stereocenters. The molecule has 3 N–H and O–H groups in total. The lowest BCUT2D eigenvalue weighted by Crippen LogP contribution is -2.13. The summed E-state index contributed by atoms with van der Waals surface area (Å²) in [6.07, 6.45) is 0. The number of imidazole rings is 1. The Bertz CT molecular complexity index is 952. The van der Waals surface area contributed by atoms with Crippen molar-refractivity contribution in [3.05, 3.63) is 47.2 Å². The van der Waals surface area contributed by atoms with E-state index in [1.165, 1.54) is 18.2 Å². The number of anilines is 1. The van der Waals surface area contributed by atoms with Crippen molar-refractivity contribution in [2.45, 2.75) is 11.8 Å². The minimum absolute atomic E-state index is 0.0295. The Hall–Kier alpha value is -2.25. The summed E-state index contributed by atoms with van der Waals surface area (Å²) in [5, 5.41) is 9.96. The molecule has 0 amide bonds. The predicted octanol–water partition coefficient (Wildman–Crippen LogP) is 3.03. The summed E-state index contributed by atoms with van der Waals surface area (Å²) >= 11 is 5.94. The zero-order valence-electron chi connectivity index (χ0n) is 11.5. The Morgan fingerprint density at radius 1 is 1.27 bits per heavy atom. The second-order valence-electron chi connectivity index (χ2n) is 4.72.